The number of nitrogens with one attached hydrogen (secondary N) is 1. The largest absolute Gasteiger partial charge is 0.346 e. The lowest BCUT2D eigenvalue weighted by molar-refractivity contribution is 0.0629. The number of aromatic nitrogens is 3. The first-order valence-electron chi connectivity index (χ1n) is 12.0. The standard InChI is InChI=1S/C27H22ClN5O3S/c28-21-14-30-33-10-4-8-22-20(24(21)33)12-23(37-22)25(34)31-17(11-16-5-3-9-29-13-16)15-32-26(35)18-6-1-2-7-19(18)27(32)36/h1-3,5-7,9,12-14,17H,4,8,10-11,15H2,(H,31,34). The van der Waals surface area contributed by atoms with Crippen LogP contribution in [-0.4, -0.2) is 50.0 Å². The highest BCUT2D eigenvalue weighted by molar-refractivity contribution is 7.14. The average molecular weight is 532 g/mol. The van der Waals surface area contributed by atoms with Gasteiger partial charge in [0.05, 0.1) is 39.0 Å². The highest BCUT2D eigenvalue weighted by Crippen LogP contribution is 2.38. The summed E-state index contributed by atoms with van der Waals surface area (Å²) >= 11 is 7.87. The Kier molecular flexibility index (Phi) is 6.10. The Bertz CT molecular complexity index is 1500. The van der Waals surface area contributed by atoms with Crippen molar-refractivity contribution >= 4 is 40.7 Å². The van der Waals surface area contributed by atoms with Gasteiger partial charge in [0.25, 0.3) is 17.7 Å². The number of fused-ring (bicyclic) bond motifs is 4. The number of hydrogen-bond donors (Lipinski definition) is 1. The fraction of sp³-hybridized carbons (Fsp3) is 0.222. The van der Waals surface area contributed by atoms with Gasteiger partial charge in [-0.05, 0) is 49.1 Å². The molecule has 1 N–H and O–H groups in total. The van der Waals surface area contributed by atoms with Crippen molar-refractivity contribution in [2.24, 2.45) is 0 Å². The van der Waals surface area contributed by atoms with Gasteiger partial charge < -0.3 is 5.32 Å². The maximum atomic E-state index is 13.5. The van der Waals surface area contributed by atoms with Crippen LogP contribution in [0.1, 0.15) is 47.2 Å². The molecule has 8 nitrogen and oxygen atoms in total. The number of benzene rings is 1. The number of thiophene rings is 1. The van der Waals surface area contributed by atoms with Gasteiger partial charge >= 0.3 is 0 Å². The van der Waals surface area contributed by atoms with Gasteiger partial charge in [0.2, 0.25) is 0 Å². The fourth-order valence-corrected chi connectivity index (χ4v) is 6.31. The van der Waals surface area contributed by atoms with E-state index < -0.39 is 6.04 Å². The first-order valence-corrected chi connectivity index (χ1v) is 13.2. The first-order chi connectivity index (χ1) is 18.0. The third-order valence-electron chi connectivity index (χ3n) is 6.68. The molecule has 3 aromatic heterocycles. The molecular formula is C27H22ClN5O3S. The molecule has 2 aliphatic heterocycles. The zero-order chi connectivity index (χ0) is 25.5. The topological polar surface area (TPSA) is 97.2 Å². The van der Waals surface area contributed by atoms with E-state index in [0.29, 0.717) is 27.4 Å². The summed E-state index contributed by atoms with van der Waals surface area (Å²) in [5.74, 6) is -0.959. The van der Waals surface area contributed by atoms with Crippen molar-refractivity contribution in [3.8, 4) is 11.3 Å². The summed E-state index contributed by atoms with van der Waals surface area (Å²) in [6.07, 6.45) is 7.18. The van der Waals surface area contributed by atoms with Crippen molar-refractivity contribution in [1.29, 1.82) is 0 Å². The van der Waals surface area contributed by atoms with Crippen LogP contribution >= 0.6 is 22.9 Å². The van der Waals surface area contributed by atoms with Gasteiger partial charge in [0.1, 0.15) is 0 Å². The van der Waals surface area contributed by atoms with Crippen molar-refractivity contribution in [3.05, 3.63) is 92.5 Å². The van der Waals surface area contributed by atoms with Crippen LogP contribution in [-0.2, 0) is 19.4 Å². The molecule has 10 heteroatoms. The predicted octanol–water partition coefficient (Wildman–Crippen LogP) is 4.24. The van der Waals surface area contributed by atoms with Gasteiger partial charge in [0.15, 0.2) is 0 Å². The van der Waals surface area contributed by atoms with Crippen LogP contribution in [0.4, 0.5) is 0 Å². The van der Waals surface area contributed by atoms with Crippen LogP contribution in [0.15, 0.2) is 61.1 Å². The molecule has 0 spiro atoms. The highest BCUT2D eigenvalue weighted by atomic mass is 35.5. The summed E-state index contributed by atoms with van der Waals surface area (Å²) in [7, 11) is 0. The number of carbonyl (C=O) groups excluding carboxylic acids is 3. The van der Waals surface area contributed by atoms with E-state index in [2.05, 4.69) is 15.4 Å². The molecule has 4 aromatic rings. The van der Waals surface area contributed by atoms with Gasteiger partial charge in [-0.3, -0.25) is 28.9 Å². The molecule has 0 radical (unpaired) electrons. The Morgan fingerprint density at radius 2 is 1.86 bits per heavy atom. The van der Waals surface area contributed by atoms with Crippen LogP contribution < -0.4 is 5.32 Å². The second kappa shape index (κ2) is 9.57. The van der Waals surface area contributed by atoms with Crippen molar-refractivity contribution < 1.29 is 14.4 Å². The van der Waals surface area contributed by atoms with Crippen LogP contribution in [0.3, 0.4) is 0 Å². The number of halogens is 1. The number of amides is 3. The molecule has 0 bridgehead atoms. The number of pyridine rings is 1. The lowest BCUT2D eigenvalue weighted by Crippen LogP contribution is -2.46. The maximum Gasteiger partial charge on any atom is 0.261 e. The molecule has 1 unspecified atom stereocenters. The van der Waals surface area contributed by atoms with E-state index in [0.717, 1.165) is 41.1 Å². The molecule has 1 aromatic carbocycles. The number of imide groups is 1. The number of hydrogen-bond acceptors (Lipinski definition) is 6. The van der Waals surface area contributed by atoms with E-state index in [4.69, 9.17) is 11.6 Å². The molecule has 6 rings (SSSR count). The molecule has 1 atom stereocenters. The van der Waals surface area contributed by atoms with Crippen LogP contribution in [0.2, 0.25) is 5.02 Å². The molecule has 37 heavy (non-hydrogen) atoms. The van der Waals surface area contributed by atoms with Gasteiger partial charge in [-0.15, -0.1) is 11.3 Å². The monoisotopic (exact) mass is 531 g/mol. The first kappa shape index (κ1) is 23.6. The lowest BCUT2D eigenvalue weighted by Gasteiger charge is -2.23. The molecule has 2 aliphatic rings. The molecule has 0 fully saturated rings. The van der Waals surface area contributed by atoms with Crippen molar-refractivity contribution in [1.82, 2.24) is 25.0 Å². The Balaban J connectivity index is 1.27. The number of carbonyl (C=O) groups is 3. The Morgan fingerprint density at radius 1 is 1.08 bits per heavy atom. The fourth-order valence-electron chi connectivity index (χ4n) is 4.96. The molecular weight excluding hydrogens is 510 g/mol. The average Bonchev–Trinajstić information content (AvgIpc) is 3.52. The summed E-state index contributed by atoms with van der Waals surface area (Å²) in [6.45, 7) is 0.828. The van der Waals surface area contributed by atoms with Crippen LogP contribution in [0.5, 0.6) is 0 Å². The van der Waals surface area contributed by atoms with E-state index in [-0.39, 0.29) is 24.3 Å². The summed E-state index contributed by atoms with van der Waals surface area (Å²) in [6, 6.07) is 11.9. The normalized spacial score (nSPS) is 15.1. The maximum absolute atomic E-state index is 13.5. The molecule has 3 amide bonds. The smallest absolute Gasteiger partial charge is 0.261 e. The predicted molar refractivity (Wildman–Crippen MR) is 140 cm³/mol. The van der Waals surface area contributed by atoms with E-state index in [1.165, 1.54) is 16.2 Å². The minimum absolute atomic E-state index is 0.0523. The van der Waals surface area contributed by atoms with Crippen molar-refractivity contribution in [3.63, 3.8) is 0 Å². The van der Waals surface area contributed by atoms with Crippen molar-refractivity contribution in [2.75, 3.05) is 6.54 Å². The number of aryl methyl sites for hydroxylation is 2. The summed E-state index contributed by atoms with van der Waals surface area (Å²) in [5, 5.41) is 8.01. The van der Waals surface area contributed by atoms with E-state index in [9.17, 15) is 14.4 Å². The molecule has 186 valence electrons. The second-order valence-electron chi connectivity index (χ2n) is 9.12. The minimum atomic E-state index is -0.505. The number of rotatable bonds is 6. The Hall–Kier alpha value is -3.82. The molecule has 0 aliphatic carbocycles. The third-order valence-corrected chi connectivity index (χ3v) is 8.15. The lowest BCUT2D eigenvalue weighted by atomic mass is 10.1. The quantitative estimate of drug-likeness (QED) is 0.375. The summed E-state index contributed by atoms with van der Waals surface area (Å²) in [4.78, 5) is 46.5. The summed E-state index contributed by atoms with van der Waals surface area (Å²) < 4.78 is 1.88. The zero-order valence-electron chi connectivity index (χ0n) is 19.7. The molecule has 0 saturated heterocycles. The van der Waals surface area contributed by atoms with Gasteiger partial charge in [-0.25, -0.2) is 0 Å². The highest BCUT2D eigenvalue weighted by Gasteiger charge is 2.37. The van der Waals surface area contributed by atoms with E-state index >= 15 is 0 Å². The number of nitrogens with zero attached hydrogens (tertiary/aromatic N) is 4. The molecule has 0 saturated carbocycles. The SMILES string of the molecule is O=C(NC(Cc1cccnc1)CN1C(=O)c2ccccc2C1=O)c1cc2c(s1)CCCn1ncc(Cl)c1-2. The summed E-state index contributed by atoms with van der Waals surface area (Å²) in [5.41, 5.74) is 3.42. The van der Waals surface area contributed by atoms with Gasteiger partial charge in [-0.2, -0.15) is 5.10 Å². The zero-order valence-corrected chi connectivity index (χ0v) is 21.3. The van der Waals surface area contributed by atoms with Crippen LogP contribution in [0, 0.1) is 0 Å². The Labute approximate surface area is 221 Å². The third kappa shape index (κ3) is 4.34. The minimum Gasteiger partial charge on any atom is -0.346 e. The van der Waals surface area contributed by atoms with E-state index in [1.807, 2.05) is 22.9 Å². The Morgan fingerprint density at radius 3 is 2.59 bits per heavy atom. The van der Waals surface area contributed by atoms with Gasteiger partial charge in [0, 0.05) is 35.9 Å². The van der Waals surface area contributed by atoms with Crippen LogP contribution in [0.25, 0.3) is 11.3 Å². The molecule has 5 heterocycles. The second-order valence-corrected chi connectivity index (χ2v) is 10.7. The van der Waals surface area contributed by atoms with E-state index in [1.54, 1.807) is 42.9 Å². The van der Waals surface area contributed by atoms with Gasteiger partial charge in [-0.1, -0.05) is 29.8 Å². The van der Waals surface area contributed by atoms with Crippen molar-refractivity contribution in [2.45, 2.75) is 31.8 Å².